The van der Waals surface area contributed by atoms with Crippen LogP contribution < -0.4 is 5.32 Å². The Morgan fingerprint density at radius 1 is 1.54 bits per heavy atom. The average Bonchev–Trinajstić information content (AvgIpc) is 2.49. The minimum atomic E-state index is 1.04. The molecular weight excluding hydrogens is 180 g/mol. The van der Waals surface area contributed by atoms with E-state index in [2.05, 4.69) is 33.2 Å². The Labute approximate surface area is 82.9 Å². The van der Waals surface area contributed by atoms with Gasteiger partial charge in [-0.05, 0) is 28.8 Å². The zero-order valence-corrected chi connectivity index (χ0v) is 8.39. The van der Waals surface area contributed by atoms with Gasteiger partial charge < -0.3 is 10.2 Å². The molecule has 0 amide bonds. The molecule has 70 valence electrons. The van der Waals surface area contributed by atoms with Crippen LogP contribution in [0.4, 0.5) is 0 Å². The molecule has 0 fully saturated rings. The van der Waals surface area contributed by atoms with E-state index < -0.39 is 0 Å². The molecule has 0 aliphatic carbocycles. The van der Waals surface area contributed by atoms with Crippen molar-refractivity contribution < 1.29 is 0 Å². The molecule has 0 saturated carbocycles. The summed E-state index contributed by atoms with van der Waals surface area (Å²) in [6.07, 6.45) is 5.40. The monoisotopic (exact) mass is 194 g/mol. The minimum Gasteiger partial charge on any atom is -0.390 e. The molecule has 1 aromatic rings. The number of rotatable bonds is 2. The lowest BCUT2D eigenvalue weighted by atomic mass is 10.3. The predicted octanol–water partition coefficient (Wildman–Crippen LogP) is 2.01. The molecule has 2 heterocycles. The molecule has 1 aliphatic rings. The van der Waals surface area contributed by atoms with Gasteiger partial charge in [0.25, 0.3) is 0 Å². The molecule has 1 aromatic heterocycles. The van der Waals surface area contributed by atoms with Crippen molar-refractivity contribution in [1.29, 1.82) is 0 Å². The summed E-state index contributed by atoms with van der Waals surface area (Å²) in [5, 5.41) is 7.59. The zero-order valence-electron chi connectivity index (χ0n) is 7.57. The third-order valence-corrected chi connectivity index (χ3v) is 2.87. The van der Waals surface area contributed by atoms with Gasteiger partial charge in [0.05, 0.1) is 0 Å². The average molecular weight is 194 g/mol. The quantitative estimate of drug-likeness (QED) is 0.775. The Morgan fingerprint density at radius 3 is 3.38 bits per heavy atom. The van der Waals surface area contributed by atoms with E-state index in [1.807, 2.05) is 6.20 Å². The van der Waals surface area contributed by atoms with E-state index in [1.165, 1.54) is 12.0 Å². The molecule has 13 heavy (non-hydrogen) atoms. The number of hydrogen-bond donors (Lipinski definition) is 1. The second-order valence-corrected chi connectivity index (χ2v) is 4.01. The van der Waals surface area contributed by atoms with Gasteiger partial charge in [0, 0.05) is 32.0 Å². The van der Waals surface area contributed by atoms with E-state index in [0.717, 1.165) is 19.6 Å². The molecule has 0 spiro atoms. The van der Waals surface area contributed by atoms with Crippen molar-refractivity contribution in [3.63, 3.8) is 0 Å². The molecule has 3 heteroatoms. The lowest BCUT2D eigenvalue weighted by molar-refractivity contribution is 0.371. The molecule has 0 saturated heterocycles. The highest BCUT2D eigenvalue weighted by Gasteiger charge is 2.03. The van der Waals surface area contributed by atoms with Crippen LogP contribution in [-0.2, 0) is 6.54 Å². The van der Waals surface area contributed by atoms with Gasteiger partial charge in [-0.2, -0.15) is 11.3 Å². The summed E-state index contributed by atoms with van der Waals surface area (Å²) in [5.74, 6) is 0. The summed E-state index contributed by atoms with van der Waals surface area (Å²) in [6, 6.07) is 2.19. The predicted molar refractivity (Wildman–Crippen MR) is 56.5 cm³/mol. The Bertz CT molecular complexity index is 266. The maximum atomic E-state index is 3.24. The van der Waals surface area contributed by atoms with Gasteiger partial charge in [-0.25, -0.2) is 0 Å². The van der Waals surface area contributed by atoms with Crippen molar-refractivity contribution in [1.82, 2.24) is 10.2 Å². The Morgan fingerprint density at radius 2 is 2.54 bits per heavy atom. The fraction of sp³-hybridized carbons (Fsp3) is 0.400. The highest BCUT2D eigenvalue weighted by Crippen LogP contribution is 2.10. The van der Waals surface area contributed by atoms with Crippen LogP contribution in [0.15, 0.2) is 29.2 Å². The van der Waals surface area contributed by atoms with E-state index in [9.17, 15) is 0 Å². The van der Waals surface area contributed by atoms with Crippen LogP contribution in [0.5, 0.6) is 0 Å². The lowest BCUT2D eigenvalue weighted by Crippen LogP contribution is -2.17. The zero-order chi connectivity index (χ0) is 8.93. The molecule has 1 N–H and O–H groups in total. The number of hydrogen-bond acceptors (Lipinski definition) is 3. The third-order valence-electron chi connectivity index (χ3n) is 2.14. The summed E-state index contributed by atoms with van der Waals surface area (Å²) in [4.78, 5) is 2.35. The second-order valence-electron chi connectivity index (χ2n) is 3.23. The maximum Gasteiger partial charge on any atom is 0.0432 e. The summed E-state index contributed by atoms with van der Waals surface area (Å²) < 4.78 is 0. The van der Waals surface area contributed by atoms with Crippen LogP contribution in [0.3, 0.4) is 0 Å². The standard InChI is InChI=1S/C10H14N2S/c1-3-11-4-6-12(5-1)8-10-2-7-13-9-10/h2,4,6-7,9,11H,1,3,5,8H2. The molecule has 2 rings (SSSR count). The van der Waals surface area contributed by atoms with Gasteiger partial charge in [-0.1, -0.05) is 0 Å². The topological polar surface area (TPSA) is 15.3 Å². The van der Waals surface area contributed by atoms with Crippen LogP contribution in [0.1, 0.15) is 12.0 Å². The van der Waals surface area contributed by atoms with Gasteiger partial charge in [0.15, 0.2) is 0 Å². The van der Waals surface area contributed by atoms with Crippen LogP contribution in [0, 0.1) is 0 Å². The van der Waals surface area contributed by atoms with Crippen LogP contribution in [0.2, 0.25) is 0 Å². The Hall–Kier alpha value is -0.960. The highest BCUT2D eigenvalue weighted by atomic mass is 32.1. The van der Waals surface area contributed by atoms with Gasteiger partial charge in [0.2, 0.25) is 0 Å². The summed E-state index contributed by atoms with van der Waals surface area (Å²) in [5.41, 5.74) is 1.41. The third kappa shape index (κ3) is 2.49. The van der Waals surface area contributed by atoms with Crippen molar-refractivity contribution in [3.8, 4) is 0 Å². The van der Waals surface area contributed by atoms with E-state index in [0.29, 0.717) is 0 Å². The van der Waals surface area contributed by atoms with E-state index in [4.69, 9.17) is 0 Å². The highest BCUT2D eigenvalue weighted by molar-refractivity contribution is 7.07. The minimum absolute atomic E-state index is 1.04. The van der Waals surface area contributed by atoms with Gasteiger partial charge in [-0.3, -0.25) is 0 Å². The Balaban J connectivity index is 1.93. The summed E-state index contributed by atoms with van der Waals surface area (Å²) in [7, 11) is 0. The first-order chi connectivity index (χ1) is 6.45. The smallest absolute Gasteiger partial charge is 0.0432 e. The van der Waals surface area contributed by atoms with Gasteiger partial charge in [0.1, 0.15) is 0 Å². The lowest BCUT2D eigenvalue weighted by Gasteiger charge is -2.17. The Kier molecular flexibility index (Phi) is 2.87. The first-order valence-corrected chi connectivity index (χ1v) is 5.54. The van der Waals surface area contributed by atoms with E-state index in [1.54, 1.807) is 11.3 Å². The van der Waals surface area contributed by atoms with Crippen molar-refractivity contribution in [2.24, 2.45) is 0 Å². The van der Waals surface area contributed by atoms with Crippen LogP contribution in [-0.4, -0.2) is 18.0 Å². The van der Waals surface area contributed by atoms with Crippen molar-refractivity contribution in [2.45, 2.75) is 13.0 Å². The molecular formula is C10H14N2S. The van der Waals surface area contributed by atoms with Gasteiger partial charge >= 0.3 is 0 Å². The number of nitrogens with one attached hydrogen (secondary N) is 1. The maximum absolute atomic E-state index is 3.24. The molecule has 1 aliphatic heterocycles. The fourth-order valence-electron chi connectivity index (χ4n) is 1.45. The first kappa shape index (κ1) is 8.63. The molecule has 0 bridgehead atoms. The van der Waals surface area contributed by atoms with Crippen LogP contribution >= 0.6 is 11.3 Å². The second kappa shape index (κ2) is 4.33. The number of nitrogens with zero attached hydrogens (tertiary/aromatic N) is 1. The molecule has 0 unspecified atom stereocenters. The van der Waals surface area contributed by atoms with Crippen LogP contribution in [0.25, 0.3) is 0 Å². The van der Waals surface area contributed by atoms with Crippen molar-refractivity contribution in [3.05, 3.63) is 34.8 Å². The SMILES string of the molecule is C1=CN(Cc2ccsc2)CCCN1. The largest absolute Gasteiger partial charge is 0.390 e. The molecule has 0 atom stereocenters. The van der Waals surface area contributed by atoms with Crippen molar-refractivity contribution in [2.75, 3.05) is 13.1 Å². The number of thiophene rings is 1. The first-order valence-electron chi connectivity index (χ1n) is 4.60. The fourth-order valence-corrected chi connectivity index (χ4v) is 2.11. The van der Waals surface area contributed by atoms with E-state index in [-0.39, 0.29) is 0 Å². The summed E-state index contributed by atoms with van der Waals surface area (Å²) >= 11 is 1.77. The van der Waals surface area contributed by atoms with Gasteiger partial charge in [-0.15, -0.1) is 0 Å². The molecule has 0 aromatic carbocycles. The van der Waals surface area contributed by atoms with Crippen molar-refractivity contribution >= 4 is 11.3 Å². The molecule has 2 nitrogen and oxygen atoms in total. The molecule has 0 radical (unpaired) electrons. The normalized spacial score (nSPS) is 16.8. The summed E-state index contributed by atoms with van der Waals surface area (Å²) in [6.45, 7) is 3.29. The van der Waals surface area contributed by atoms with E-state index >= 15 is 0 Å².